The van der Waals surface area contributed by atoms with Crippen LogP contribution in [-0.2, 0) is 0 Å². The minimum absolute atomic E-state index is 0.400. The predicted molar refractivity (Wildman–Crippen MR) is 114 cm³/mol. The highest BCUT2D eigenvalue weighted by molar-refractivity contribution is 5.22. The van der Waals surface area contributed by atoms with E-state index in [4.69, 9.17) is 0 Å². The first-order valence-corrected chi connectivity index (χ1v) is 11.9. The highest BCUT2D eigenvalue weighted by Gasteiger charge is 2.25. The topological polar surface area (TPSA) is 0 Å². The van der Waals surface area contributed by atoms with Gasteiger partial charge in [0.2, 0.25) is 0 Å². The first-order valence-electron chi connectivity index (χ1n) is 11.9. The third kappa shape index (κ3) is 7.19. The van der Waals surface area contributed by atoms with Gasteiger partial charge in [-0.3, -0.25) is 0 Å². The normalized spacial score (nSPS) is 28.1. The quantitative estimate of drug-likeness (QED) is 0.359. The molecule has 0 unspecified atom stereocenters. The summed E-state index contributed by atoms with van der Waals surface area (Å²) >= 11 is 0. The Morgan fingerprint density at radius 2 is 1.31 bits per heavy atom. The number of allylic oxidation sites excluding steroid dienone is 1. The number of unbranched alkanes of at least 4 members (excludes halogenated alkanes) is 2. The fraction of sp³-hybridized carbons (Fsp3) is 0.692. The molecule has 0 aromatic heterocycles. The Labute approximate surface area is 175 Å². The van der Waals surface area contributed by atoms with E-state index in [1.807, 2.05) is 0 Å². The third-order valence-corrected chi connectivity index (χ3v) is 7.53. The van der Waals surface area contributed by atoms with Crippen LogP contribution >= 0.6 is 0 Å². The van der Waals surface area contributed by atoms with Gasteiger partial charge < -0.3 is 0 Å². The molecule has 29 heavy (non-hydrogen) atoms. The van der Waals surface area contributed by atoms with Crippen LogP contribution in [0.15, 0.2) is 30.6 Å². The SMILES string of the molecule is FC=CCCCCC1CCC(CCC2CCC(c3ccc(F)c(F)c3)CC2)CC1. The van der Waals surface area contributed by atoms with Crippen molar-refractivity contribution in [2.24, 2.45) is 17.8 Å². The molecule has 2 fully saturated rings. The van der Waals surface area contributed by atoms with E-state index in [2.05, 4.69) is 0 Å². The second kappa shape index (κ2) is 11.8. The van der Waals surface area contributed by atoms with Crippen LogP contribution < -0.4 is 0 Å². The summed E-state index contributed by atoms with van der Waals surface area (Å²) in [6.07, 6.45) is 19.8. The molecule has 0 radical (unpaired) electrons. The smallest absolute Gasteiger partial charge is 0.159 e. The molecular weight excluding hydrogens is 369 g/mol. The molecule has 1 aromatic rings. The Kier molecular flexibility index (Phi) is 9.14. The van der Waals surface area contributed by atoms with Gasteiger partial charge in [0.25, 0.3) is 0 Å². The van der Waals surface area contributed by atoms with Gasteiger partial charge in [0.15, 0.2) is 11.6 Å². The molecule has 1 aromatic carbocycles. The summed E-state index contributed by atoms with van der Waals surface area (Å²) in [4.78, 5) is 0. The number of rotatable bonds is 9. The van der Waals surface area contributed by atoms with Crippen LogP contribution in [0.2, 0.25) is 0 Å². The fourth-order valence-electron chi connectivity index (χ4n) is 5.59. The van der Waals surface area contributed by atoms with Crippen molar-refractivity contribution in [2.75, 3.05) is 0 Å². The molecule has 0 spiro atoms. The lowest BCUT2D eigenvalue weighted by Crippen LogP contribution is -2.18. The van der Waals surface area contributed by atoms with E-state index in [-0.39, 0.29) is 0 Å². The second-order valence-electron chi connectivity index (χ2n) is 9.50. The Morgan fingerprint density at radius 1 is 0.724 bits per heavy atom. The number of benzene rings is 1. The molecule has 2 aliphatic rings. The van der Waals surface area contributed by atoms with Gasteiger partial charge in [0.05, 0.1) is 6.33 Å². The number of hydrogen-bond donors (Lipinski definition) is 0. The summed E-state index contributed by atoms with van der Waals surface area (Å²) in [5.74, 6) is 1.56. The Hall–Kier alpha value is -1.25. The van der Waals surface area contributed by atoms with Crippen LogP contribution in [0, 0.1) is 29.4 Å². The van der Waals surface area contributed by atoms with Crippen molar-refractivity contribution in [3.63, 3.8) is 0 Å². The summed E-state index contributed by atoms with van der Waals surface area (Å²) < 4.78 is 38.6. The van der Waals surface area contributed by atoms with Gasteiger partial charge in [0, 0.05) is 0 Å². The molecule has 2 saturated carbocycles. The molecule has 0 atom stereocenters. The van der Waals surface area contributed by atoms with Gasteiger partial charge in [0.1, 0.15) is 0 Å². The van der Waals surface area contributed by atoms with Crippen LogP contribution in [0.1, 0.15) is 101 Å². The Balaban J connectivity index is 1.29. The zero-order chi connectivity index (χ0) is 20.5. The van der Waals surface area contributed by atoms with E-state index >= 15 is 0 Å². The van der Waals surface area contributed by atoms with Crippen LogP contribution in [-0.4, -0.2) is 0 Å². The van der Waals surface area contributed by atoms with E-state index in [9.17, 15) is 13.2 Å². The zero-order valence-electron chi connectivity index (χ0n) is 17.7. The second-order valence-corrected chi connectivity index (χ2v) is 9.50. The maximum Gasteiger partial charge on any atom is 0.159 e. The minimum atomic E-state index is -0.744. The summed E-state index contributed by atoms with van der Waals surface area (Å²) in [7, 11) is 0. The predicted octanol–water partition coefficient (Wildman–Crippen LogP) is 8.87. The van der Waals surface area contributed by atoms with Gasteiger partial charge in [-0.15, -0.1) is 0 Å². The highest BCUT2D eigenvalue weighted by atomic mass is 19.2. The molecule has 162 valence electrons. The van der Waals surface area contributed by atoms with Gasteiger partial charge in [-0.25, -0.2) is 13.2 Å². The Bertz CT molecular complexity index is 623. The first-order chi connectivity index (χ1) is 14.2. The van der Waals surface area contributed by atoms with E-state index in [1.165, 1.54) is 76.3 Å². The van der Waals surface area contributed by atoms with Crippen LogP contribution in [0.3, 0.4) is 0 Å². The molecule has 0 bridgehead atoms. The van der Waals surface area contributed by atoms with Crippen molar-refractivity contribution in [3.05, 3.63) is 47.8 Å². The van der Waals surface area contributed by atoms with E-state index < -0.39 is 11.6 Å². The highest BCUT2D eigenvalue weighted by Crippen LogP contribution is 2.40. The molecule has 0 saturated heterocycles. The maximum absolute atomic E-state index is 13.5. The maximum atomic E-state index is 13.5. The average Bonchev–Trinajstić information content (AvgIpc) is 2.75. The molecule has 0 heterocycles. The summed E-state index contributed by atoms with van der Waals surface area (Å²) in [6.45, 7) is 0. The van der Waals surface area contributed by atoms with Crippen LogP contribution in [0.5, 0.6) is 0 Å². The largest absolute Gasteiger partial charge is 0.216 e. The standard InChI is InChI=1S/C26H37F3/c27-18-4-2-1-3-5-20-6-8-21(9-7-20)10-11-22-12-14-23(15-13-22)24-16-17-25(28)26(29)19-24/h4,16-23H,1-3,5-15H2. The lowest BCUT2D eigenvalue weighted by atomic mass is 9.74. The van der Waals surface area contributed by atoms with Crippen molar-refractivity contribution in [2.45, 2.75) is 95.8 Å². The molecule has 2 aliphatic carbocycles. The number of halogens is 3. The molecule has 3 rings (SSSR count). The van der Waals surface area contributed by atoms with Crippen molar-refractivity contribution in [1.29, 1.82) is 0 Å². The van der Waals surface area contributed by atoms with Gasteiger partial charge >= 0.3 is 0 Å². The van der Waals surface area contributed by atoms with Gasteiger partial charge in [-0.05, 0) is 79.9 Å². The molecular formula is C26H37F3. The zero-order valence-corrected chi connectivity index (χ0v) is 17.7. The fourth-order valence-corrected chi connectivity index (χ4v) is 5.59. The molecule has 0 N–H and O–H groups in total. The van der Waals surface area contributed by atoms with Crippen molar-refractivity contribution >= 4 is 0 Å². The van der Waals surface area contributed by atoms with Gasteiger partial charge in [-0.1, -0.05) is 63.5 Å². The van der Waals surface area contributed by atoms with Crippen LogP contribution in [0.25, 0.3) is 0 Å². The summed E-state index contributed by atoms with van der Waals surface area (Å²) in [5, 5.41) is 0. The van der Waals surface area contributed by atoms with Crippen LogP contribution in [0.4, 0.5) is 13.2 Å². The lowest BCUT2D eigenvalue weighted by Gasteiger charge is -2.32. The van der Waals surface area contributed by atoms with Gasteiger partial charge in [-0.2, -0.15) is 0 Å². The minimum Gasteiger partial charge on any atom is -0.216 e. The molecule has 3 heteroatoms. The van der Waals surface area contributed by atoms with E-state index in [0.717, 1.165) is 49.0 Å². The summed E-state index contributed by atoms with van der Waals surface area (Å²) in [5.41, 5.74) is 0.974. The molecule has 0 nitrogen and oxygen atoms in total. The summed E-state index contributed by atoms with van der Waals surface area (Å²) in [6, 6.07) is 4.43. The third-order valence-electron chi connectivity index (χ3n) is 7.53. The monoisotopic (exact) mass is 406 g/mol. The average molecular weight is 407 g/mol. The number of hydrogen-bond acceptors (Lipinski definition) is 0. The van der Waals surface area contributed by atoms with Crippen molar-refractivity contribution < 1.29 is 13.2 Å². The van der Waals surface area contributed by atoms with E-state index in [0.29, 0.717) is 12.2 Å². The first kappa shape index (κ1) is 22.4. The molecule has 0 amide bonds. The Morgan fingerprint density at radius 3 is 1.90 bits per heavy atom. The lowest BCUT2D eigenvalue weighted by molar-refractivity contribution is 0.222. The van der Waals surface area contributed by atoms with E-state index in [1.54, 1.807) is 12.1 Å². The van der Waals surface area contributed by atoms with Crippen molar-refractivity contribution in [1.82, 2.24) is 0 Å². The van der Waals surface area contributed by atoms with Crippen molar-refractivity contribution in [3.8, 4) is 0 Å². The molecule has 0 aliphatic heterocycles.